The Labute approximate surface area is 140 Å². The highest BCUT2D eigenvalue weighted by Gasteiger charge is 2.28. The number of hydrogen-bond acceptors (Lipinski definition) is 5. The molecule has 3 amide bonds. The summed E-state index contributed by atoms with van der Waals surface area (Å²) in [5, 5.41) is 13.7. The van der Waals surface area contributed by atoms with Crippen molar-refractivity contribution in [3.8, 4) is 0 Å². The van der Waals surface area contributed by atoms with Crippen LogP contribution in [0, 0.1) is 0 Å². The van der Waals surface area contributed by atoms with E-state index in [0.29, 0.717) is 6.04 Å². The molecule has 1 heterocycles. The summed E-state index contributed by atoms with van der Waals surface area (Å²) >= 11 is 1.34. The van der Waals surface area contributed by atoms with Crippen molar-refractivity contribution in [2.45, 2.75) is 74.4 Å². The summed E-state index contributed by atoms with van der Waals surface area (Å²) in [4.78, 5) is 24.1. The summed E-state index contributed by atoms with van der Waals surface area (Å²) in [5.41, 5.74) is 0. The fourth-order valence-electron chi connectivity index (χ4n) is 2.81. The van der Waals surface area contributed by atoms with Gasteiger partial charge >= 0.3 is 6.03 Å². The maximum absolute atomic E-state index is 12.2. The molecule has 0 spiro atoms. The minimum absolute atomic E-state index is 0.192. The molecule has 23 heavy (non-hydrogen) atoms. The predicted octanol–water partition coefficient (Wildman–Crippen LogP) is 2.25. The summed E-state index contributed by atoms with van der Waals surface area (Å²) in [5.74, 6) is -0.298. The molecular formula is C15H23N5O2S. The van der Waals surface area contributed by atoms with E-state index in [-0.39, 0.29) is 11.9 Å². The van der Waals surface area contributed by atoms with E-state index in [0.717, 1.165) is 43.7 Å². The highest BCUT2D eigenvalue weighted by molar-refractivity contribution is 8.00. The number of aromatic nitrogens is 3. The first-order valence-corrected chi connectivity index (χ1v) is 9.19. The third-order valence-corrected chi connectivity index (χ3v) is 5.38. The van der Waals surface area contributed by atoms with Crippen LogP contribution >= 0.6 is 11.8 Å². The second kappa shape index (κ2) is 7.33. The molecule has 1 aromatic heterocycles. The smallest absolute Gasteiger partial charge is 0.321 e. The Bertz CT molecular complexity index is 566. The van der Waals surface area contributed by atoms with Gasteiger partial charge in [0.05, 0.1) is 5.25 Å². The molecule has 1 unspecified atom stereocenters. The van der Waals surface area contributed by atoms with E-state index in [4.69, 9.17) is 0 Å². The zero-order valence-corrected chi connectivity index (χ0v) is 14.1. The number of hydrogen-bond donors (Lipinski definition) is 2. The van der Waals surface area contributed by atoms with Gasteiger partial charge in [-0.1, -0.05) is 31.0 Å². The molecule has 0 bridgehead atoms. The summed E-state index contributed by atoms with van der Waals surface area (Å²) in [7, 11) is 0. The molecule has 0 aromatic carbocycles. The number of rotatable bonds is 5. The lowest BCUT2D eigenvalue weighted by molar-refractivity contribution is -0.119. The van der Waals surface area contributed by atoms with Crippen molar-refractivity contribution in [3.63, 3.8) is 0 Å². The topological polar surface area (TPSA) is 88.9 Å². The quantitative estimate of drug-likeness (QED) is 0.805. The second-order valence-corrected chi connectivity index (χ2v) is 7.62. The Kier molecular flexibility index (Phi) is 5.20. The van der Waals surface area contributed by atoms with Crippen molar-refractivity contribution < 1.29 is 9.59 Å². The average molecular weight is 337 g/mol. The number of amides is 3. The Hall–Kier alpha value is -1.57. The first kappa shape index (κ1) is 16.3. The molecule has 2 aliphatic rings. The van der Waals surface area contributed by atoms with Gasteiger partial charge in [0.25, 0.3) is 0 Å². The molecule has 2 saturated carbocycles. The summed E-state index contributed by atoms with van der Waals surface area (Å²) in [6.07, 6.45) is 9.48. The zero-order chi connectivity index (χ0) is 16.2. The van der Waals surface area contributed by atoms with Crippen LogP contribution in [0.2, 0.25) is 0 Å². The van der Waals surface area contributed by atoms with Gasteiger partial charge in [-0.25, -0.2) is 4.79 Å². The number of nitrogens with one attached hydrogen (secondary N) is 2. The molecule has 2 N–H and O–H groups in total. The van der Waals surface area contributed by atoms with Gasteiger partial charge in [-0.15, -0.1) is 10.2 Å². The monoisotopic (exact) mass is 337 g/mol. The van der Waals surface area contributed by atoms with Crippen LogP contribution in [0.5, 0.6) is 0 Å². The molecule has 0 aliphatic heterocycles. The molecule has 1 aromatic rings. The van der Waals surface area contributed by atoms with E-state index >= 15 is 0 Å². The fraction of sp³-hybridized carbons (Fsp3) is 0.733. The number of nitrogens with zero attached hydrogens (tertiary/aromatic N) is 3. The number of thioether (sulfide) groups is 1. The van der Waals surface area contributed by atoms with Crippen molar-refractivity contribution in [2.75, 3.05) is 0 Å². The van der Waals surface area contributed by atoms with Gasteiger partial charge in [0.2, 0.25) is 5.91 Å². The van der Waals surface area contributed by atoms with Crippen molar-refractivity contribution in [2.24, 2.45) is 0 Å². The summed E-state index contributed by atoms with van der Waals surface area (Å²) < 4.78 is 2.01. The normalized spacial score (nSPS) is 20.0. The summed E-state index contributed by atoms with van der Waals surface area (Å²) in [6, 6.07) is 0.271. The number of imide groups is 1. The number of carbonyl (C=O) groups excluding carboxylic acids is 2. The first-order chi connectivity index (χ1) is 11.1. The fourth-order valence-corrected chi connectivity index (χ4v) is 3.71. The van der Waals surface area contributed by atoms with E-state index < -0.39 is 11.3 Å². The molecule has 7 nitrogen and oxygen atoms in total. The van der Waals surface area contributed by atoms with Gasteiger partial charge in [-0.05, 0) is 32.6 Å². The Morgan fingerprint density at radius 3 is 2.70 bits per heavy atom. The standard InChI is InChI=1S/C15H23N5O2S/c1-10(23-15-19-16-9-20(15)12-7-8-12)13(21)18-14(22)17-11-5-3-2-4-6-11/h9-12H,2-8H2,1H3,(H2,17,18,21,22). The van der Waals surface area contributed by atoms with Gasteiger partial charge in [-0.2, -0.15) is 0 Å². The lowest BCUT2D eigenvalue weighted by Crippen LogP contribution is -2.47. The second-order valence-electron chi connectivity index (χ2n) is 6.31. The first-order valence-electron chi connectivity index (χ1n) is 8.31. The van der Waals surface area contributed by atoms with Crippen molar-refractivity contribution in [1.82, 2.24) is 25.4 Å². The molecule has 126 valence electrons. The molecule has 1 atom stereocenters. The average Bonchev–Trinajstić information content (AvgIpc) is 3.28. The van der Waals surface area contributed by atoms with Crippen LogP contribution in [-0.2, 0) is 4.79 Å². The lowest BCUT2D eigenvalue weighted by atomic mass is 9.96. The molecule has 8 heteroatoms. The molecule has 2 fully saturated rings. The van der Waals surface area contributed by atoms with E-state index in [1.54, 1.807) is 13.3 Å². The van der Waals surface area contributed by atoms with Crippen LogP contribution in [0.3, 0.4) is 0 Å². The van der Waals surface area contributed by atoms with Gasteiger partial charge in [-0.3, -0.25) is 10.1 Å². The van der Waals surface area contributed by atoms with Gasteiger partial charge in [0.15, 0.2) is 5.16 Å². The van der Waals surface area contributed by atoms with Crippen molar-refractivity contribution in [3.05, 3.63) is 6.33 Å². The molecule has 2 aliphatic carbocycles. The van der Waals surface area contributed by atoms with Crippen LogP contribution in [0.4, 0.5) is 4.79 Å². The Balaban J connectivity index is 1.46. The van der Waals surface area contributed by atoms with E-state index in [1.165, 1.54) is 18.2 Å². The highest BCUT2D eigenvalue weighted by Crippen LogP contribution is 2.37. The molecule has 0 saturated heterocycles. The van der Waals surface area contributed by atoms with Crippen molar-refractivity contribution in [1.29, 1.82) is 0 Å². The maximum atomic E-state index is 12.2. The Morgan fingerprint density at radius 2 is 2.00 bits per heavy atom. The summed E-state index contributed by atoms with van der Waals surface area (Å²) in [6.45, 7) is 1.78. The van der Waals surface area contributed by atoms with Gasteiger partial charge < -0.3 is 9.88 Å². The van der Waals surface area contributed by atoms with Crippen LogP contribution in [0.1, 0.15) is 57.9 Å². The third kappa shape index (κ3) is 4.46. The van der Waals surface area contributed by atoms with E-state index in [2.05, 4.69) is 20.8 Å². The van der Waals surface area contributed by atoms with Crippen LogP contribution < -0.4 is 10.6 Å². The van der Waals surface area contributed by atoms with Gasteiger partial charge in [0.1, 0.15) is 6.33 Å². The Morgan fingerprint density at radius 1 is 1.26 bits per heavy atom. The van der Waals surface area contributed by atoms with Crippen LogP contribution in [0.25, 0.3) is 0 Å². The number of carbonyl (C=O) groups is 2. The van der Waals surface area contributed by atoms with Gasteiger partial charge in [0, 0.05) is 12.1 Å². The highest BCUT2D eigenvalue weighted by atomic mass is 32.2. The zero-order valence-electron chi connectivity index (χ0n) is 13.3. The lowest BCUT2D eigenvalue weighted by Gasteiger charge is -2.23. The molecule has 0 radical (unpaired) electrons. The van der Waals surface area contributed by atoms with Crippen molar-refractivity contribution >= 4 is 23.7 Å². The van der Waals surface area contributed by atoms with E-state index in [1.807, 2.05) is 4.57 Å². The molecular weight excluding hydrogens is 314 g/mol. The largest absolute Gasteiger partial charge is 0.335 e. The maximum Gasteiger partial charge on any atom is 0.321 e. The minimum atomic E-state index is -0.395. The third-order valence-electron chi connectivity index (χ3n) is 4.31. The SMILES string of the molecule is CC(Sc1nncn1C1CC1)C(=O)NC(=O)NC1CCCCC1. The van der Waals surface area contributed by atoms with E-state index in [9.17, 15) is 9.59 Å². The van der Waals surface area contributed by atoms with Crippen LogP contribution in [-0.4, -0.2) is 38.0 Å². The minimum Gasteiger partial charge on any atom is -0.335 e. The predicted molar refractivity (Wildman–Crippen MR) is 87.2 cm³/mol. The molecule has 3 rings (SSSR count). The number of urea groups is 1. The van der Waals surface area contributed by atoms with Crippen LogP contribution in [0.15, 0.2) is 11.5 Å².